The first-order valence-corrected chi connectivity index (χ1v) is 8.90. The summed E-state index contributed by atoms with van der Waals surface area (Å²) < 4.78 is 22.1. The molecule has 0 aromatic carbocycles. The van der Waals surface area contributed by atoms with Crippen molar-refractivity contribution in [1.29, 1.82) is 0 Å². The molecule has 0 aliphatic heterocycles. The summed E-state index contributed by atoms with van der Waals surface area (Å²) in [6.45, 7) is 0. The predicted octanol–water partition coefficient (Wildman–Crippen LogP) is 1.53. The molecule has 1 saturated carbocycles. The lowest BCUT2D eigenvalue weighted by molar-refractivity contribution is 0.603. The van der Waals surface area contributed by atoms with E-state index in [9.17, 15) is 8.42 Å². The topological polar surface area (TPSA) is 72.0 Å². The molecule has 1 heterocycles. The van der Waals surface area contributed by atoms with Crippen LogP contribution in [0.4, 0.5) is 5.82 Å². The number of aromatic nitrogens is 2. The third-order valence-electron chi connectivity index (χ3n) is 2.62. The number of hydrogen-bond donors (Lipinski definition) is 1. The van der Waals surface area contributed by atoms with Gasteiger partial charge in [0.05, 0.1) is 5.75 Å². The second-order valence-corrected chi connectivity index (χ2v) is 7.83. The molecule has 0 atom stereocenters. The Labute approximate surface area is 112 Å². The van der Waals surface area contributed by atoms with Crippen LogP contribution >= 0.6 is 11.8 Å². The number of nitrogens with zero attached hydrogens (tertiary/aromatic N) is 2. The lowest BCUT2D eigenvalue weighted by atomic mass is 10.4. The SMILES string of the molecule is CNc1cc(SCCS(C)(=O)=O)nc(C2CC2)n1. The van der Waals surface area contributed by atoms with Gasteiger partial charge in [0, 0.05) is 31.0 Å². The Morgan fingerprint density at radius 1 is 1.44 bits per heavy atom. The summed E-state index contributed by atoms with van der Waals surface area (Å²) in [5.74, 6) is 2.88. The van der Waals surface area contributed by atoms with Crippen LogP contribution in [0.1, 0.15) is 24.6 Å². The van der Waals surface area contributed by atoms with Crippen molar-refractivity contribution in [2.45, 2.75) is 23.8 Å². The first kappa shape index (κ1) is 13.6. The summed E-state index contributed by atoms with van der Waals surface area (Å²) in [5.41, 5.74) is 0. The molecule has 0 spiro atoms. The summed E-state index contributed by atoms with van der Waals surface area (Å²) in [7, 11) is -1.08. The lowest BCUT2D eigenvalue weighted by Gasteiger charge is -2.06. The number of nitrogens with one attached hydrogen (secondary N) is 1. The summed E-state index contributed by atoms with van der Waals surface area (Å²) in [4.78, 5) is 8.90. The van der Waals surface area contributed by atoms with Gasteiger partial charge in [0.25, 0.3) is 0 Å². The van der Waals surface area contributed by atoms with E-state index in [1.807, 2.05) is 13.1 Å². The molecule has 18 heavy (non-hydrogen) atoms. The van der Waals surface area contributed by atoms with Gasteiger partial charge in [-0.2, -0.15) is 0 Å². The first-order chi connectivity index (χ1) is 8.48. The summed E-state index contributed by atoms with van der Waals surface area (Å²) in [6, 6.07) is 1.86. The van der Waals surface area contributed by atoms with E-state index >= 15 is 0 Å². The molecule has 0 amide bonds. The van der Waals surface area contributed by atoms with Crippen molar-refractivity contribution < 1.29 is 8.42 Å². The highest BCUT2D eigenvalue weighted by Crippen LogP contribution is 2.39. The zero-order valence-corrected chi connectivity index (χ0v) is 12.1. The van der Waals surface area contributed by atoms with Crippen LogP contribution < -0.4 is 5.32 Å². The standard InChI is InChI=1S/C11H17N3O2S2/c1-12-9-7-10(17-5-6-18(2,15)16)14-11(13-9)8-3-4-8/h7-8H,3-6H2,1-2H3,(H,12,13,14). The molecule has 1 aliphatic carbocycles. The largest absolute Gasteiger partial charge is 0.373 e. The quantitative estimate of drug-likeness (QED) is 0.632. The first-order valence-electron chi connectivity index (χ1n) is 5.85. The van der Waals surface area contributed by atoms with E-state index in [1.165, 1.54) is 18.0 Å². The van der Waals surface area contributed by atoms with Gasteiger partial charge in [-0.25, -0.2) is 18.4 Å². The fraction of sp³-hybridized carbons (Fsp3) is 0.636. The van der Waals surface area contributed by atoms with Crippen LogP contribution in [0.15, 0.2) is 11.1 Å². The third-order valence-corrected chi connectivity index (χ3v) is 4.74. The number of sulfone groups is 1. The van der Waals surface area contributed by atoms with Crippen LogP contribution in [0, 0.1) is 0 Å². The van der Waals surface area contributed by atoms with Crippen LogP contribution in [-0.4, -0.2) is 43.2 Å². The van der Waals surface area contributed by atoms with Gasteiger partial charge in [-0.15, -0.1) is 11.8 Å². The maximum absolute atomic E-state index is 11.1. The van der Waals surface area contributed by atoms with Crippen molar-refractivity contribution in [1.82, 2.24) is 9.97 Å². The minimum Gasteiger partial charge on any atom is -0.373 e. The van der Waals surface area contributed by atoms with E-state index in [2.05, 4.69) is 15.3 Å². The van der Waals surface area contributed by atoms with Crippen LogP contribution in [0.3, 0.4) is 0 Å². The summed E-state index contributed by atoms with van der Waals surface area (Å²) in [5, 5.41) is 3.86. The number of thioether (sulfide) groups is 1. The molecule has 0 unspecified atom stereocenters. The lowest BCUT2D eigenvalue weighted by Crippen LogP contribution is -2.06. The minimum atomic E-state index is -2.90. The Morgan fingerprint density at radius 2 is 2.17 bits per heavy atom. The minimum absolute atomic E-state index is 0.176. The number of rotatable bonds is 6. The molecule has 1 aromatic rings. The zero-order valence-electron chi connectivity index (χ0n) is 10.5. The van der Waals surface area contributed by atoms with Crippen LogP contribution in [0.25, 0.3) is 0 Å². The second kappa shape index (κ2) is 5.44. The van der Waals surface area contributed by atoms with Gasteiger partial charge >= 0.3 is 0 Å². The molecule has 0 bridgehead atoms. The number of hydrogen-bond acceptors (Lipinski definition) is 6. The molecule has 100 valence electrons. The van der Waals surface area contributed by atoms with Gasteiger partial charge in [0.15, 0.2) is 0 Å². The Hall–Kier alpha value is -0.820. The molecule has 0 radical (unpaired) electrons. The molecule has 0 saturated heterocycles. The Bertz CT molecular complexity index is 527. The molecular weight excluding hydrogens is 270 g/mol. The molecular formula is C11H17N3O2S2. The van der Waals surface area contributed by atoms with Crippen molar-refractivity contribution in [3.63, 3.8) is 0 Å². The highest BCUT2D eigenvalue weighted by atomic mass is 32.2. The Balaban J connectivity index is 2.04. The normalized spacial score (nSPS) is 15.7. The van der Waals surface area contributed by atoms with Crippen LogP contribution in [0.2, 0.25) is 0 Å². The number of anilines is 1. The fourth-order valence-corrected chi connectivity index (χ4v) is 3.57. The van der Waals surface area contributed by atoms with E-state index in [1.54, 1.807) is 0 Å². The average molecular weight is 287 g/mol. The van der Waals surface area contributed by atoms with Crippen molar-refractivity contribution in [2.75, 3.05) is 30.1 Å². The van der Waals surface area contributed by atoms with Crippen molar-refractivity contribution in [3.8, 4) is 0 Å². The molecule has 1 fully saturated rings. The predicted molar refractivity (Wildman–Crippen MR) is 74.0 cm³/mol. The van der Waals surface area contributed by atoms with Gasteiger partial charge in [0.1, 0.15) is 26.5 Å². The molecule has 1 N–H and O–H groups in total. The zero-order chi connectivity index (χ0) is 13.2. The Kier molecular flexibility index (Phi) is 4.11. The average Bonchev–Trinajstić information content (AvgIpc) is 3.10. The van der Waals surface area contributed by atoms with Gasteiger partial charge in [-0.3, -0.25) is 0 Å². The van der Waals surface area contributed by atoms with Crippen LogP contribution in [0.5, 0.6) is 0 Å². The monoisotopic (exact) mass is 287 g/mol. The van der Waals surface area contributed by atoms with Gasteiger partial charge in [0.2, 0.25) is 0 Å². The van der Waals surface area contributed by atoms with E-state index in [-0.39, 0.29) is 5.75 Å². The highest BCUT2D eigenvalue weighted by Gasteiger charge is 2.27. The second-order valence-electron chi connectivity index (χ2n) is 4.45. The highest BCUT2D eigenvalue weighted by molar-refractivity contribution is 8.00. The van der Waals surface area contributed by atoms with Gasteiger partial charge in [-0.05, 0) is 12.8 Å². The van der Waals surface area contributed by atoms with Crippen molar-refractivity contribution in [2.24, 2.45) is 0 Å². The van der Waals surface area contributed by atoms with E-state index in [4.69, 9.17) is 0 Å². The van der Waals surface area contributed by atoms with Crippen molar-refractivity contribution in [3.05, 3.63) is 11.9 Å². The summed E-state index contributed by atoms with van der Waals surface area (Å²) in [6.07, 6.45) is 3.56. The molecule has 1 aliphatic rings. The maximum atomic E-state index is 11.1. The molecule has 7 heteroatoms. The van der Waals surface area contributed by atoms with Crippen LogP contribution in [-0.2, 0) is 9.84 Å². The van der Waals surface area contributed by atoms with Gasteiger partial charge < -0.3 is 5.32 Å². The molecule has 5 nitrogen and oxygen atoms in total. The van der Waals surface area contributed by atoms with Crippen molar-refractivity contribution >= 4 is 27.4 Å². The van der Waals surface area contributed by atoms with E-state index in [0.717, 1.165) is 29.5 Å². The molecule has 2 rings (SSSR count). The fourth-order valence-electron chi connectivity index (χ4n) is 1.47. The Morgan fingerprint density at radius 3 is 2.72 bits per heavy atom. The smallest absolute Gasteiger partial charge is 0.148 e. The third kappa shape index (κ3) is 4.13. The maximum Gasteiger partial charge on any atom is 0.148 e. The van der Waals surface area contributed by atoms with Gasteiger partial charge in [-0.1, -0.05) is 0 Å². The summed E-state index contributed by atoms with van der Waals surface area (Å²) >= 11 is 1.47. The van der Waals surface area contributed by atoms with E-state index in [0.29, 0.717) is 11.7 Å². The molecule has 1 aromatic heterocycles. The van der Waals surface area contributed by atoms with E-state index < -0.39 is 9.84 Å².